The summed E-state index contributed by atoms with van der Waals surface area (Å²) in [6, 6.07) is 2.24. The van der Waals surface area contributed by atoms with E-state index in [4.69, 9.17) is 4.74 Å². The van der Waals surface area contributed by atoms with Gasteiger partial charge in [0.1, 0.15) is 11.5 Å². The fourth-order valence-electron chi connectivity index (χ4n) is 1.55. The highest BCUT2D eigenvalue weighted by Gasteiger charge is 2.24. The van der Waals surface area contributed by atoms with Crippen molar-refractivity contribution < 1.29 is 14.1 Å². The second-order valence-corrected chi connectivity index (χ2v) is 5.34. The number of nitro groups is 1. The van der Waals surface area contributed by atoms with Gasteiger partial charge in [0.2, 0.25) is 0 Å². The third kappa shape index (κ3) is 3.64. The highest BCUT2D eigenvalue weighted by molar-refractivity contribution is 9.10. The number of hydrogen-bond acceptors (Lipinski definition) is 4. The first kappa shape index (κ1) is 14.8. The van der Waals surface area contributed by atoms with Crippen LogP contribution in [0.4, 0.5) is 15.8 Å². The zero-order valence-electron chi connectivity index (χ0n) is 10.3. The molecule has 5 nitrogen and oxygen atoms in total. The smallest absolute Gasteiger partial charge is 0.295 e. The van der Waals surface area contributed by atoms with Crippen LogP contribution in [0.25, 0.3) is 0 Å². The van der Waals surface area contributed by atoms with Crippen LogP contribution in [-0.4, -0.2) is 24.2 Å². The van der Waals surface area contributed by atoms with Crippen LogP contribution >= 0.6 is 15.9 Å². The molecule has 0 bridgehead atoms. The predicted molar refractivity (Wildman–Crippen MR) is 70.3 cm³/mol. The average Bonchev–Trinajstić information content (AvgIpc) is 2.22. The summed E-state index contributed by atoms with van der Waals surface area (Å²) < 4.78 is 18.5. The molecule has 0 aromatic heterocycles. The van der Waals surface area contributed by atoms with Gasteiger partial charge in [0.05, 0.1) is 27.6 Å². The lowest BCUT2D eigenvalue weighted by atomic mass is 10.1. The maximum atomic E-state index is 13.3. The molecule has 18 heavy (non-hydrogen) atoms. The fraction of sp³-hybridized carbons (Fsp3) is 0.455. The van der Waals surface area contributed by atoms with Gasteiger partial charge in [-0.1, -0.05) is 0 Å². The minimum Gasteiger partial charge on any atom is -0.382 e. The van der Waals surface area contributed by atoms with Crippen molar-refractivity contribution in [2.24, 2.45) is 0 Å². The van der Waals surface area contributed by atoms with Crippen LogP contribution in [-0.2, 0) is 4.74 Å². The first-order valence-electron chi connectivity index (χ1n) is 5.17. The molecule has 0 aliphatic carbocycles. The van der Waals surface area contributed by atoms with Crippen molar-refractivity contribution in [2.75, 3.05) is 19.0 Å². The monoisotopic (exact) mass is 320 g/mol. The third-order valence-corrected chi connectivity index (χ3v) is 2.82. The number of nitrogens with zero attached hydrogens (tertiary/aromatic N) is 1. The fourth-order valence-corrected chi connectivity index (χ4v) is 1.89. The summed E-state index contributed by atoms with van der Waals surface area (Å²) in [5.74, 6) is -0.670. The number of methoxy groups -OCH3 is 1. The van der Waals surface area contributed by atoms with Crippen molar-refractivity contribution in [2.45, 2.75) is 19.4 Å². The zero-order valence-corrected chi connectivity index (χ0v) is 11.9. The van der Waals surface area contributed by atoms with E-state index in [-0.39, 0.29) is 15.8 Å². The Hall–Kier alpha value is -1.21. The summed E-state index contributed by atoms with van der Waals surface area (Å²) in [7, 11) is 1.54. The summed E-state index contributed by atoms with van der Waals surface area (Å²) in [6.45, 7) is 4.02. The van der Waals surface area contributed by atoms with E-state index in [1.54, 1.807) is 7.11 Å². The molecule has 0 radical (unpaired) electrons. The molecule has 0 atom stereocenters. The number of anilines is 1. The Morgan fingerprint density at radius 2 is 2.17 bits per heavy atom. The Balaban J connectivity index is 3.15. The number of rotatable bonds is 5. The van der Waals surface area contributed by atoms with E-state index in [1.165, 1.54) is 6.07 Å². The maximum absolute atomic E-state index is 13.3. The van der Waals surface area contributed by atoms with Crippen LogP contribution in [0.3, 0.4) is 0 Å². The molecule has 1 aromatic carbocycles. The lowest BCUT2D eigenvalue weighted by Crippen LogP contribution is -2.36. The normalized spacial score (nSPS) is 11.4. The average molecular weight is 321 g/mol. The second kappa shape index (κ2) is 5.62. The molecule has 0 aliphatic rings. The van der Waals surface area contributed by atoms with Crippen molar-refractivity contribution in [3.63, 3.8) is 0 Å². The van der Waals surface area contributed by atoms with Gasteiger partial charge in [-0.15, -0.1) is 0 Å². The van der Waals surface area contributed by atoms with Crippen molar-refractivity contribution >= 4 is 27.3 Å². The zero-order chi connectivity index (χ0) is 13.9. The van der Waals surface area contributed by atoms with Gasteiger partial charge in [-0.25, -0.2) is 4.39 Å². The maximum Gasteiger partial charge on any atom is 0.295 e. The van der Waals surface area contributed by atoms with Crippen molar-refractivity contribution in [3.05, 3.63) is 32.5 Å². The van der Waals surface area contributed by atoms with Gasteiger partial charge in [-0.2, -0.15) is 0 Å². The molecule has 0 fully saturated rings. The van der Waals surface area contributed by atoms with E-state index in [2.05, 4.69) is 21.2 Å². The molecule has 0 unspecified atom stereocenters. The van der Waals surface area contributed by atoms with Crippen LogP contribution in [0, 0.1) is 15.9 Å². The Bertz CT molecular complexity index is 466. The Morgan fingerprint density at radius 1 is 1.56 bits per heavy atom. The molecule has 1 aromatic rings. The van der Waals surface area contributed by atoms with Gasteiger partial charge in [0.15, 0.2) is 0 Å². The van der Waals surface area contributed by atoms with Gasteiger partial charge >= 0.3 is 0 Å². The molecule has 1 N–H and O–H groups in total. The first-order valence-corrected chi connectivity index (χ1v) is 5.96. The number of halogens is 2. The van der Waals surface area contributed by atoms with Gasteiger partial charge < -0.3 is 10.1 Å². The highest BCUT2D eigenvalue weighted by Crippen LogP contribution is 2.32. The molecular weight excluding hydrogens is 307 g/mol. The van der Waals surface area contributed by atoms with Crippen LogP contribution in [0.2, 0.25) is 0 Å². The van der Waals surface area contributed by atoms with Crippen molar-refractivity contribution in [1.82, 2.24) is 0 Å². The lowest BCUT2D eigenvalue weighted by Gasteiger charge is -2.26. The molecule has 0 saturated heterocycles. The Kier molecular flexibility index (Phi) is 4.64. The summed E-state index contributed by atoms with van der Waals surface area (Å²) in [5.41, 5.74) is -0.563. The quantitative estimate of drug-likeness (QED) is 0.667. The third-order valence-electron chi connectivity index (χ3n) is 2.21. The van der Waals surface area contributed by atoms with Gasteiger partial charge in [0.25, 0.3) is 5.69 Å². The summed E-state index contributed by atoms with van der Waals surface area (Å²) in [5, 5.41) is 13.9. The summed E-state index contributed by atoms with van der Waals surface area (Å²) in [6.07, 6.45) is 0. The molecule has 0 saturated carbocycles. The second-order valence-electron chi connectivity index (χ2n) is 4.48. The number of benzene rings is 1. The SMILES string of the molecule is COCC(C)(C)Nc1cc(Br)c(F)cc1[N+](=O)[O-]. The van der Waals surface area contributed by atoms with E-state index < -0.39 is 16.3 Å². The molecule has 0 spiro atoms. The Labute approximate surface area is 113 Å². The standard InChI is InChI=1S/C11H14BrFN2O3/c1-11(2,6-18-3)14-9-4-7(12)8(13)5-10(9)15(16)17/h4-5,14H,6H2,1-3H3. The van der Waals surface area contributed by atoms with Crippen LogP contribution in [0.5, 0.6) is 0 Å². The van der Waals surface area contributed by atoms with Gasteiger partial charge in [0, 0.05) is 7.11 Å². The van der Waals surface area contributed by atoms with E-state index in [0.717, 1.165) is 6.07 Å². The van der Waals surface area contributed by atoms with Crippen LogP contribution in [0.15, 0.2) is 16.6 Å². The van der Waals surface area contributed by atoms with Gasteiger partial charge in [-0.3, -0.25) is 10.1 Å². The van der Waals surface area contributed by atoms with E-state index in [1.807, 2.05) is 13.8 Å². The van der Waals surface area contributed by atoms with Crippen molar-refractivity contribution in [1.29, 1.82) is 0 Å². The minimum atomic E-state index is -0.670. The number of hydrogen-bond donors (Lipinski definition) is 1. The summed E-state index contributed by atoms with van der Waals surface area (Å²) in [4.78, 5) is 10.3. The molecule has 0 amide bonds. The molecule has 100 valence electrons. The Morgan fingerprint density at radius 3 is 2.67 bits per heavy atom. The van der Waals surface area contributed by atoms with E-state index >= 15 is 0 Å². The van der Waals surface area contributed by atoms with Gasteiger partial charge in [-0.05, 0) is 35.8 Å². The molecular formula is C11H14BrFN2O3. The van der Waals surface area contributed by atoms with Crippen molar-refractivity contribution in [3.8, 4) is 0 Å². The minimum absolute atomic E-state index is 0.170. The summed E-state index contributed by atoms with van der Waals surface area (Å²) >= 11 is 3.01. The van der Waals surface area contributed by atoms with E-state index in [0.29, 0.717) is 6.61 Å². The molecule has 0 aliphatic heterocycles. The van der Waals surface area contributed by atoms with Crippen LogP contribution < -0.4 is 5.32 Å². The lowest BCUT2D eigenvalue weighted by molar-refractivity contribution is -0.384. The number of nitro benzene ring substituents is 1. The molecule has 1 rings (SSSR count). The van der Waals surface area contributed by atoms with Crippen LogP contribution in [0.1, 0.15) is 13.8 Å². The topological polar surface area (TPSA) is 64.4 Å². The number of nitrogens with one attached hydrogen (secondary N) is 1. The largest absolute Gasteiger partial charge is 0.382 e. The number of ether oxygens (including phenoxy) is 1. The molecule has 7 heteroatoms. The predicted octanol–water partition coefficient (Wildman–Crippen LogP) is 3.33. The first-order chi connectivity index (χ1) is 8.26. The van der Waals surface area contributed by atoms with E-state index in [9.17, 15) is 14.5 Å². The highest BCUT2D eigenvalue weighted by atomic mass is 79.9. The molecule has 0 heterocycles.